The van der Waals surface area contributed by atoms with Crippen LogP contribution in [0.3, 0.4) is 0 Å². The zero-order valence-corrected chi connectivity index (χ0v) is 14.1. The van der Waals surface area contributed by atoms with Gasteiger partial charge < -0.3 is 5.32 Å². The molecule has 3 nitrogen and oxygen atoms in total. The van der Waals surface area contributed by atoms with E-state index in [9.17, 15) is 0 Å². The summed E-state index contributed by atoms with van der Waals surface area (Å²) in [5.41, 5.74) is 2.16. The minimum Gasteiger partial charge on any atom is -0.377 e. The standard InChI is InChI=1S/C15H20ClN3S/c1-9(18-11-6-7-17-12(16)8-11)13-10(2)19-14(20-13)15(3,4)5/h6-9H,1-5H3,(H,17,18). The molecule has 0 aliphatic carbocycles. The normalized spacial score (nSPS) is 13.3. The number of pyridine rings is 1. The van der Waals surface area contributed by atoms with Gasteiger partial charge in [0, 0.05) is 22.2 Å². The van der Waals surface area contributed by atoms with Gasteiger partial charge in [-0.2, -0.15) is 0 Å². The van der Waals surface area contributed by atoms with E-state index in [0.29, 0.717) is 5.15 Å². The quantitative estimate of drug-likeness (QED) is 0.813. The summed E-state index contributed by atoms with van der Waals surface area (Å²) >= 11 is 7.68. The lowest BCUT2D eigenvalue weighted by Crippen LogP contribution is -2.10. The fraction of sp³-hybridized carbons (Fsp3) is 0.467. The predicted molar refractivity (Wildman–Crippen MR) is 86.8 cm³/mol. The number of nitrogens with zero attached hydrogens (tertiary/aromatic N) is 2. The third-order valence-corrected chi connectivity index (χ3v) is 4.95. The number of hydrogen-bond acceptors (Lipinski definition) is 4. The predicted octanol–water partition coefficient (Wildman–Crippen LogP) is 4.97. The first-order valence-electron chi connectivity index (χ1n) is 6.63. The molecule has 0 radical (unpaired) electrons. The number of hydrogen-bond donors (Lipinski definition) is 1. The van der Waals surface area contributed by atoms with Gasteiger partial charge in [-0.3, -0.25) is 0 Å². The van der Waals surface area contributed by atoms with E-state index < -0.39 is 0 Å². The van der Waals surface area contributed by atoms with E-state index in [1.165, 1.54) is 9.88 Å². The highest BCUT2D eigenvalue weighted by Crippen LogP contribution is 2.33. The number of rotatable bonds is 3. The molecule has 5 heteroatoms. The molecular formula is C15H20ClN3S. The molecule has 0 aliphatic rings. The molecule has 0 aliphatic heterocycles. The lowest BCUT2D eigenvalue weighted by Gasteiger charge is -2.15. The molecule has 2 aromatic heterocycles. The fourth-order valence-corrected chi connectivity index (χ4v) is 3.24. The number of thiazole rings is 1. The van der Waals surface area contributed by atoms with Crippen molar-refractivity contribution in [3.8, 4) is 0 Å². The molecule has 0 saturated carbocycles. The maximum absolute atomic E-state index is 5.91. The number of aryl methyl sites for hydroxylation is 1. The van der Waals surface area contributed by atoms with E-state index in [-0.39, 0.29) is 11.5 Å². The zero-order chi connectivity index (χ0) is 14.9. The minimum atomic E-state index is 0.0906. The Kier molecular flexibility index (Phi) is 4.35. The third kappa shape index (κ3) is 3.49. The van der Waals surface area contributed by atoms with Gasteiger partial charge in [-0.05, 0) is 26.0 Å². The molecule has 108 valence electrons. The van der Waals surface area contributed by atoms with Crippen LogP contribution in [0, 0.1) is 6.92 Å². The number of nitrogens with one attached hydrogen (secondary N) is 1. The third-order valence-electron chi connectivity index (χ3n) is 2.98. The molecule has 2 heterocycles. The van der Waals surface area contributed by atoms with Crippen LogP contribution < -0.4 is 5.32 Å². The van der Waals surface area contributed by atoms with E-state index in [1.807, 2.05) is 12.1 Å². The Bertz CT molecular complexity index is 601. The zero-order valence-electron chi connectivity index (χ0n) is 12.5. The molecule has 0 spiro atoms. The number of halogens is 1. The summed E-state index contributed by atoms with van der Waals surface area (Å²) in [6, 6.07) is 3.95. The Labute approximate surface area is 129 Å². The van der Waals surface area contributed by atoms with E-state index in [0.717, 1.165) is 11.4 Å². The second kappa shape index (κ2) is 5.70. The van der Waals surface area contributed by atoms with Crippen molar-refractivity contribution in [1.82, 2.24) is 9.97 Å². The largest absolute Gasteiger partial charge is 0.377 e. The Balaban J connectivity index is 2.21. The van der Waals surface area contributed by atoms with E-state index in [4.69, 9.17) is 16.6 Å². The van der Waals surface area contributed by atoms with Crippen molar-refractivity contribution in [1.29, 1.82) is 0 Å². The molecule has 0 fully saturated rings. The summed E-state index contributed by atoms with van der Waals surface area (Å²) in [7, 11) is 0. The second-order valence-electron chi connectivity index (χ2n) is 5.95. The topological polar surface area (TPSA) is 37.8 Å². The van der Waals surface area contributed by atoms with Crippen molar-refractivity contribution in [2.75, 3.05) is 5.32 Å². The molecule has 0 amide bonds. The molecule has 1 N–H and O–H groups in total. The van der Waals surface area contributed by atoms with Crippen LogP contribution in [-0.4, -0.2) is 9.97 Å². The maximum Gasteiger partial charge on any atom is 0.131 e. The van der Waals surface area contributed by atoms with E-state index in [2.05, 4.69) is 44.9 Å². The van der Waals surface area contributed by atoms with E-state index in [1.54, 1.807) is 17.5 Å². The van der Waals surface area contributed by atoms with Gasteiger partial charge in [-0.25, -0.2) is 9.97 Å². The van der Waals surface area contributed by atoms with Crippen molar-refractivity contribution in [3.63, 3.8) is 0 Å². The van der Waals surface area contributed by atoms with Gasteiger partial charge in [-0.15, -0.1) is 11.3 Å². The molecule has 0 aromatic carbocycles. The Morgan fingerprint density at radius 3 is 2.60 bits per heavy atom. The Morgan fingerprint density at radius 2 is 2.05 bits per heavy atom. The first kappa shape index (κ1) is 15.3. The van der Waals surface area contributed by atoms with Crippen molar-refractivity contribution in [3.05, 3.63) is 39.1 Å². The second-order valence-corrected chi connectivity index (χ2v) is 7.37. The van der Waals surface area contributed by atoms with Crippen LogP contribution in [-0.2, 0) is 5.41 Å². The van der Waals surface area contributed by atoms with E-state index >= 15 is 0 Å². The highest BCUT2D eigenvalue weighted by molar-refractivity contribution is 7.12. The van der Waals surface area contributed by atoms with Gasteiger partial charge in [-0.1, -0.05) is 32.4 Å². The molecule has 2 rings (SSSR count). The van der Waals surface area contributed by atoms with Crippen LogP contribution in [0.15, 0.2) is 18.3 Å². The van der Waals surface area contributed by atoms with Gasteiger partial charge >= 0.3 is 0 Å². The minimum absolute atomic E-state index is 0.0906. The summed E-state index contributed by atoms with van der Waals surface area (Å²) in [5.74, 6) is 0. The van der Waals surface area contributed by atoms with Crippen molar-refractivity contribution < 1.29 is 0 Å². The lowest BCUT2D eigenvalue weighted by atomic mass is 9.98. The highest BCUT2D eigenvalue weighted by atomic mass is 35.5. The summed E-state index contributed by atoms with van der Waals surface area (Å²) in [5, 5.41) is 5.12. The van der Waals surface area contributed by atoms with Crippen molar-refractivity contribution in [2.24, 2.45) is 0 Å². The average molecular weight is 310 g/mol. The summed E-state index contributed by atoms with van der Waals surface area (Å²) in [6.45, 7) is 10.8. The van der Waals surface area contributed by atoms with Crippen LogP contribution in [0.25, 0.3) is 0 Å². The first-order valence-corrected chi connectivity index (χ1v) is 7.82. The molecule has 0 saturated heterocycles. The van der Waals surface area contributed by atoms with Gasteiger partial charge in [0.25, 0.3) is 0 Å². The molecule has 1 atom stereocenters. The Morgan fingerprint density at radius 1 is 1.35 bits per heavy atom. The molecular weight excluding hydrogens is 290 g/mol. The Hall–Kier alpha value is -1.13. The van der Waals surface area contributed by atoms with Crippen LogP contribution >= 0.6 is 22.9 Å². The molecule has 1 unspecified atom stereocenters. The number of anilines is 1. The highest BCUT2D eigenvalue weighted by Gasteiger charge is 2.22. The van der Waals surface area contributed by atoms with Crippen molar-refractivity contribution >= 4 is 28.6 Å². The summed E-state index contributed by atoms with van der Waals surface area (Å²) in [4.78, 5) is 9.96. The average Bonchev–Trinajstić information content (AvgIpc) is 2.71. The SMILES string of the molecule is Cc1nc(C(C)(C)C)sc1C(C)Nc1ccnc(Cl)c1. The van der Waals surface area contributed by atoms with Crippen LogP contribution in [0.4, 0.5) is 5.69 Å². The fourth-order valence-electron chi connectivity index (χ4n) is 1.94. The molecule has 20 heavy (non-hydrogen) atoms. The summed E-state index contributed by atoms with van der Waals surface area (Å²) in [6.07, 6.45) is 1.71. The molecule has 0 bridgehead atoms. The van der Waals surface area contributed by atoms with Gasteiger partial charge in [0.15, 0.2) is 0 Å². The monoisotopic (exact) mass is 309 g/mol. The van der Waals surface area contributed by atoms with Gasteiger partial charge in [0.2, 0.25) is 0 Å². The van der Waals surface area contributed by atoms with Gasteiger partial charge in [0.1, 0.15) is 5.15 Å². The summed E-state index contributed by atoms with van der Waals surface area (Å²) < 4.78 is 0. The van der Waals surface area contributed by atoms with Crippen LogP contribution in [0.2, 0.25) is 5.15 Å². The van der Waals surface area contributed by atoms with Crippen LogP contribution in [0.1, 0.15) is 49.3 Å². The van der Waals surface area contributed by atoms with Crippen LogP contribution in [0.5, 0.6) is 0 Å². The number of aromatic nitrogens is 2. The first-order chi connectivity index (χ1) is 9.27. The van der Waals surface area contributed by atoms with Crippen molar-refractivity contribution in [2.45, 2.75) is 46.1 Å². The smallest absolute Gasteiger partial charge is 0.131 e. The molecule has 2 aromatic rings. The van der Waals surface area contributed by atoms with Gasteiger partial charge in [0.05, 0.1) is 16.7 Å². The lowest BCUT2D eigenvalue weighted by molar-refractivity contribution is 0.584. The maximum atomic E-state index is 5.91.